The van der Waals surface area contributed by atoms with Crippen molar-refractivity contribution in [1.82, 2.24) is 20.2 Å². The Bertz CT molecular complexity index is 1730. The number of halogens is 2. The molecule has 3 aromatic carbocycles. The van der Waals surface area contributed by atoms with Crippen LogP contribution >= 0.6 is 11.6 Å². The molecular formula is C29H23ClFN5O5. The molecule has 0 saturated carbocycles. The molecule has 6 rings (SSSR count). The number of nitrogens with one attached hydrogen (secondary N) is 2. The summed E-state index contributed by atoms with van der Waals surface area (Å²) < 4.78 is 25.3. The Labute approximate surface area is 238 Å². The number of fused-ring (bicyclic) bond motifs is 2. The number of imide groups is 1. The van der Waals surface area contributed by atoms with Crippen molar-refractivity contribution in [3.63, 3.8) is 0 Å². The summed E-state index contributed by atoms with van der Waals surface area (Å²) in [6.07, 6.45) is 1.90. The van der Waals surface area contributed by atoms with Crippen LogP contribution in [-0.2, 0) is 22.7 Å². The number of carbonyl (C=O) groups is 3. The molecule has 12 heteroatoms. The molecule has 0 bridgehead atoms. The predicted octanol–water partition coefficient (Wildman–Crippen LogP) is 4.51. The van der Waals surface area contributed by atoms with Gasteiger partial charge < -0.3 is 19.7 Å². The molecule has 1 fully saturated rings. The lowest BCUT2D eigenvalue weighted by atomic mass is 10.0. The first-order valence-corrected chi connectivity index (χ1v) is 13.1. The molecule has 0 aliphatic carbocycles. The Morgan fingerprint density at radius 2 is 1.95 bits per heavy atom. The van der Waals surface area contributed by atoms with Crippen LogP contribution in [0.2, 0.25) is 5.02 Å². The minimum atomic E-state index is -0.676. The van der Waals surface area contributed by atoms with Crippen molar-refractivity contribution in [3.05, 3.63) is 82.4 Å². The van der Waals surface area contributed by atoms with E-state index in [1.54, 1.807) is 30.3 Å². The number of anilines is 2. The van der Waals surface area contributed by atoms with Crippen molar-refractivity contribution in [2.24, 2.45) is 0 Å². The third-order valence-electron chi connectivity index (χ3n) is 7.09. The summed E-state index contributed by atoms with van der Waals surface area (Å²) in [6, 6.07) is 12.5. The molecule has 4 aromatic rings. The van der Waals surface area contributed by atoms with Crippen molar-refractivity contribution in [1.29, 1.82) is 0 Å². The van der Waals surface area contributed by atoms with E-state index >= 15 is 0 Å². The molecule has 0 spiro atoms. The number of aromatic nitrogens is 2. The summed E-state index contributed by atoms with van der Waals surface area (Å²) in [4.78, 5) is 47.0. The Balaban J connectivity index is 1.22. The fourth-order valence-corrected chi connectivity index (χ4v) is 5.21. The van der Waals surface area contributed by atoms with E-state index in [0.29, 0.717) is 45.9 Å². The van der Waals surface area contributed by atoms with Gasteiger partial charge in [-0.05, 0) is 53.9 Å². The maximum atomic E-state index is 13.6. The highest BCUT2D eigenvalue weighted by molar-refractivity contribution is 6.31. The van der Waals surface area contributed by atoms with Crippen LogP contribution in [0.4, 0.5) is 15.9 Å². The SMILES string of the molecule is COc1cc2ncnc(Nc3ccc(F)c(Cl)c3)c2cc1OCc1ccc2c(c1)CN(C1CCC(=O)NC1=O)C2=O. The van der Waals surface area contributed by atoms with Crippen LogP contribution in [-0.4, -0.2) is 45.7 Å². The standard InChI is InChI=1S/C29H23ClFN5O5/c1-40-24-11-22-19(27(33-14-32-22)34-17-3-5-21(31)20(30)9-17)10-25(24)41-13-15-2-4-18-16(8-15)12-36(29(18)39)23-6-7-26(37)35-28(23)38/h2-5,8-11,14,23H,6-7,12-13H2,1H3,(H,32,33,34)(H,35,37,38). The number of amides is 3. The van der Waals surface area contributed by atoms with Gasteiger partial charge in [0.1, 0.15) is 30.6 Å². The van der Waals surface area contributed by atoms with Gasteiger partial charge in [-0.15, -0.1) is 0 Å². The molecule has 0 radical (unpaired) electrons. The van der Waals surface area contributed by atoms with Crippen molar-refractivity contribution < 1.29 is 28.2 Å². The van der Waals surface area contributed by atoms with Crippen LogP contribution in [0.15, 0.2) is 54.9 Å². The summed E-state index contributed by atoms with van der Waals surface area (Å²) in [5.41, 5.74) is 3.27. The Hall–Kier alpha value is -4.77. The van der Waals surface area contributed by atoms with Gasteiger partial charge >= 0.3 is 0 Å². The average molecular weight is 576 g/mol. The van der Waals surface area contributed by atoms with Gasteiger partial charge in [0.2, 0.25) is 11.8 Å². The zero-order valence-corrected chi connectivity index (χ0v) is 22.5. The van der Waals surface area contributed by atoms with Crippen molar-refractivity contribution in [3.8, 4) is 11.5 Å². The maximum Gasteiger partial charge on any atom is 0.255 e. The quantitative estimate of drug-likeness (QED) is 0.309. The van der Waals surface area contributed by atoms with Crippen LogP contribution in [0.5, 0.6) is 11.5 Å². The lowest BCUT2D eigenvalue weighted by Gasteiger charge is -2.29. The molecule has 2 aliphatic heterocycles. The molecular weight excluding hydrogens is 553 g/mol. The first-order chi connectivity index (χ1) is 19.8. The number of piperidine rings is 1. The normalized spacial score (nSPS) is 16.5. The molecule has 1 aromatic heterocycles. The molecule has 1 unspecified atom stereocenters. The van der Waals surface area contributed by atoms with E-state index in [1.807, 2.05) is 6.07 Å². The van der Waals surface area contributed by atoms with Crippen LogP contribution in [0, 0.1) is 5.82 Å². The van der Waals surface area contributed by atoms with Crippen LogP contribution in [0.1, 0.15) is 34.3 Å². The molecule has 208 valence electrons. The van der Waals surface area contributed by atoms with E-state index in [-0.39, 0.29) is 36.4 Å². The van der Waals surface area contributed by atoms with Crippen molar-refractivity contribution >= 4 is 51.7 Å². The molecule has 2 N–H and O–H groups in total. The largest absolute Gasteiger partial charge is 0.493 e. The van der Waals surface area contributed by atoms with E-state index in [1.165, 1.54) is 30.5 Å². The zero-order chi connectivity index (χ0) is 28.7. The number of hydrogen-bond donors (Lipinski definition) is 2. The number of nitrogens with zero attached hydrogens (tertiary/aromatic N) is 3. The molecule has 3 heterocycles. The number of rotatable bonds is 7. The van der Waals surface area contributed by atoms with Gasteiger partial charge in [0.05, 0.1) is 17.6 Å². The highest BCUT2D eigenvalue weighted by Crippen LogP contribution is 2.36. The van der Waals surface area contributed by atoms with Gasteiger partial charge in [-0.3, -0.25) is 19.7 Å². The monoisotopic (exact) mass is 575 g/mol. The fraction of sp³-hybridized carbons (Fsp3) is 0.207. The topological polar surface area (TPSA) is 123 Å². The average Bonchev–Trinajstić information content (AvgIpc) is 3.28. The van der Waals surface area contributed by atoms with Gasteiger partial charge in [0, 0.05) is 35.7 Å². The lowest BCUT2D eigenvalue weighted by molar-refractivity contribution is -0.136. The summed E-state index contributed by atoms with van der Waals surface area (Å²) in [5.74, 6) is -0.160. The first kappa shape index (κ1) is 26.5. The first-order valence-electron chi connectivity index (χ1n) is 12.7. The van der Waals surface area contributed by atoms with Crippen molar-refractivity contribution in [2.45, 2.75) is 32.0 Å². The van der Waals surface area contributed by atoms with Crippen LogP contribution < -0.4 is 20.1 Å². The Morgan fingerprint density at radius 3 is 2.73 bits per heavy atom. The molecule has 2 aliphatic rings. The fourth-order valence-electron chi connectivity index (χ4n) is 5.03. The number of carbonyl (C=O) groups excluding carboxylic acids is 3. The van der Waals surface area contributed by atoms with E-state index in [4.69, 9.17) is 21.1 Å². The lowest BCUT2D eigenvalue weighted by Crippen LogP contribution is -2.52. The number of hydrogen-bond acceptors (Lipinski definition) is 8. The van der Waals surface area contributed by atoms with E-state index in [2.05, 4.69) is 20.6 Å². The summed E-state index contributed by atoms with van der Waals surface area (Å²) in [6.45, 7) is 0.444. The highest BCUT2D eigenvalue weighted by atomic mass is 35.5. The van der Waals surface area contributed by atoms with E-state index in [0.717, 1.165) is 11.1 Å². The van der Waals surface area contributed by atoms with Crippen LogP contribution in [0.3, 0.4) is 0 Å². The third-order valence-corrected chi connectivity index (χ3v) is 7.38. The minimum absolute atomic E-state index is 0.0182. The highest BCUT2D eigenvalue weighted by Gasteiger charge is 2.39. The third kappa shape index (κ3) is 5.11. The second kappa shape index (κ2) is 10.7. The van der Waals surface area contributed by atoms with Gasteiger partial charge in [-0.2, -0.15) is 0 Å². The molecule has 1 saturated heterocycles. The second-order valence-corrected chi connectivity index (χ2v) is 10.1. The van der Waals surface area contributed by atoms with E-state index < -0.39 is 17.8 Å². The van der Waals surface area contributed by atoms with Gasteiger partial charge in [0.15, 0.2) is 11.5 Å². The summed E-state index contributed by atoms with van der Waals surface area (Å²) >= 11 is 5.93. The predicted molar refractivity (Wildman–Crippen MR) is 148 cm³/mol. The number of benzene rings is 3. The molecule has 41 heavy (non-hydrogen) atoms. The van der Waals surface area contributed by atoms with Gasteiger partial charge in [-0.1, -0.05) is 17.7 Å². The number of methoxy groups -OCH3 is 1. The second-order valence-electron chi connectivity index (χ2n) is 9.68. The van der Waals surface area contributed by atoms with Gasteiger partial charge in [-0.25, -0.2) is 14.4 Å². The minimum Gasteiger partial charge on any atom is -0.493 e. The van der Waals surface area contributed by atoms with Gasteiger partial charge in [0.25, 0.3) is 5.91 Å². The number of ether oxygens (including phenoxy) is 2. The molecule has 10 nitrogen and oxygen atoms in total. The van der Waals surface area contributed by atoms with Crippen molar-refractivity contribution in [2.75, 3.05) is 12.4 Å². The Morgan fingerprint density at radius 1 is 1.10 bits per heavy atom. The Kier molecular flexibility index (Phi) is 6.88. The maximum absolute atomic E-state index is 13.6. The van der Waals surface area contributed by atoms with Crippen LogP contribution in [0.25, 0.3) is 10.9 Å². The molecule has 3 amide bonds. The van der Waals surface area contributed by atoms with E-state index in [9.17, 15) is 18.8 Å². The summed E-state index contributed by atoms with van der Waals surface area (Å²) in [5, 5.41) is 6.07. The zero-order valence-electron chi connectivity index (χ0n) is 21.7. The smallest absolute Gasteiger partial charge is 0.255 e. The summed E-state index contributed by atoms with van der Waals surface area (Å²) in [7, 11) is 1.53. The molecule has 1 atom stereocenters.